The van der Waals surface area contributed by atoms with Gasteiger partial charge >= 0.3 is 0 Å². The highest BCUT2D eigenvalue weighted by molar-refractivity contribution is 6.20. The number of furan rings is 1. The van der Waals surface area contributed by atoms with Crippen molar-refractivity contribution in [1.82, 2.24) is 0 Å². The van der Waals surface area contributed by atoms with Gasteiger partial charge in [-0.25, -0.2) is 4.99 Å². The Morgan fingerprint density at radius 1 is 0.781 bits per heavy atom. The summed E-state index contributed by atoms with van der Waals surface area (Å²) in [7, 11) is 0. The SMILES string of the molecule is Cc1ccccc1-c1cc(C(=N)N=C(N)c2cccc3oc4ccccc4c23)ccc1C. The smallest absolute Gasteiger partial charge is 0.154 e. The Hall–Kier alpha value is -4.18. The molecule has 0 radical (unpaired) electrons. The number of nitrogens with two attached hydrogens (primary N) is 1. The van der Waals surface area contributed by atoms with E-state index in [2.05, 4.69) is 31.0 Å². The maximum Gasteiger partial charge on any atom is 0.154 e. The van der Waals surface area contributed by atoms with Crippen LogP contribution in [0.1, 0.15) is 22.3 Å². The third-order valence-electron chi connectivity index (χ3n) is 5.86. The molecule has 0 unspecified atom stereocenters. The topological polar surface area (TPSA) is 75.4 Å². The number of fused-ring (bicyclic) bond motifs is 3. The minimum atomic E-state index is 0.127. The Morgan fingerprint density at radius 2 is 1.50 bits per heavy atom. The van der Waals surface area contributed by atoms with Gasteiger partial charge in [0.15, 0.2) is 5.84 Å². The van der Waals surface area contributed by atoms with Crippen molar-refractivity contribution >= 4 is 33.6 Å². The first kappa shape index (κ1) is 19.8. The number of nitrogens with zero attached hydrogens (tertiary/aromatic N) is 1. The van der Waals surface area contributed by atoms with Crippen molar-refractivity contribution in [2.75, 3.05) is 0 Å². The summed E-state index contributed by atoms with van der Waals surface area (Å²) in [5.74, 6) is 0.423. The molecule has 5 aromatic rings. The molecule has 0 aliphatic carbocycles. The van der Waals surface area contributed by atoms with Crippen LogP contribution in [-0.4, -0.2) is 11.7 Å². The number of rotatable bonds is 3. The summed E-state index contributed by atoms with van der Waals surface area (Å²) in [5, 5.41) is 10.5. The van der Waals surface area contributed by atoms with Crippen molar-refractivity contribution in [2.45, 2.75) is 13.8 Å². The monoisotopic (exact) mass is 417 g/mol. The lowest BCUT2D eigenvalue weighted by Crippen LogP contribution is -2.16. The molecule has 0 amide bonds. The quantitative estimate of drug-likeness (QED) is 0.256. The second-order valence-electron chi connectivity index (χ2n) is 7.97. The standard InChI is InChI=1S/C28H23N3O/c1-17-8-3-4-9-20(17)23-16-19(15-14-18(23)2)27(29)31-28(30)22-11-7-13-25-26(22)21-10-5-6-12-24(21)32-25/h3-16H,1-2H3,(H3,29,30,31). The highest BCUT2D eigenvalue weighted by Crippen LogP contribution is 2.31. The van der Waals surface area contributed by atoms with E-state index in [-0.39, 0.29) is 5.84 Å². The van der Waals surface area contributed by atoms with Gasteiger partial charge in [-0.1, -0.05) is 66.7 Å². The van der Waals surface area contributed by atoms with Crippen molar-refractivity contribution in [1.29, 1.82) is 5.41 Å². The van der Waals surface area contributed by atoms with Gasteiger partial charge in [0.25, 0.3) is 0 Å². The Bertz CT molecular complexity index is 1520. The second-order valence-corrected chi connectivity index (χ2v) is 7.97. The average molecular weight is 418 g/mol. The van der Waals surface area contributed by atoms with E-state index in [1.54, 1.807) is 0 Å². The second kappa shape index (κ2) is 7.82. The van der Waals surface area contributed by atoms with Crippen LogP contribution in [0.2, 0.25) is 0 Å². The van der Waals surface area contributed by atoms with Gasteiger partial charge in [0.1, 0.15) is 17.0 Å². The van der Waals surface area contributed by atoms with Gasteiger partial charge in [0.05, 0.1) is 0 Å². The van der Waals surface area contributed by atoms with Crippen LogP contribution in [0.5, 0.6) is 0 Å². The number of nitrogens with one attached hydrogen (secondary N) is 1. The zero-order valence-corrected chi connectivity index (χ0v) is 18.0. The van der Waals surface area contributed by atoms with E-state index >= 15 is 0 Å². The molecule has 0 saturated heterocycles. The maximum atomic E-state index is 8.64. The van der Waals surface area contributed by atoms with Crippen molar-refractivity contribution < 1.29 is 4.42 Å². The van der Waals surface area contributed by atoms with Crippen LogP contribution in [0, 0.1) is 19.3 Å². The summed E-state index contributed by atoms with van der Waals surface area (Å²) >= 11 is 0. The summed E-state index contributed by atoms with van der Waals surface area (Å²) in [6, 6.07) is 27.8. The lowest BCUT2D eigenvalue weighted by Gasteiger charge is -2.11. The number of aliphatic imine (C=N–C) groups is 1. The molecule has 0 bridgehead atoms. The van der Waals surface area contributed by atoms with Gasteiger partial charge in [-0.15, -0.1) is 0 Å². The van der Waals surface area contributed by atoms with Crippen molar-refractivity contribution in [3.05, 3.63) is 107 Å². The predicted molar refractivity (Wildman–Crippen MR) is 133 cm³/mol. The molecule has 32 heavy (non-hydrogen) atoms. The van der Waals surface area contributed by atoms with Gasteiger partial charge in [-0.3, -0.25) is 5.41 Å². The van der Waals surface area contributed by atoms with Crippen LogP contribution in [0.4, 0.5) is 0 Å². The molecule has 0 fully saturated rings. The predicted octanol–water partition coefficient (Wildman–Crippen LogP) is 6.60. The molecule has 0 aliphatic heterocycles. The van der Waals surface area contributed by atoms with Gasteiger partial charge in [0.2, 0.25) is 0 Å². The van der Waals surface area contributed by atoms with Crippen molar-refractivity contribution in [3.8, 4) is 11.1 Å². The fourth-order valence-corrected chi connectivity index (χ4v) is 4.17. The molecular formula is C28H23N3O. The molecule has 0 aliphatic rings. The van der Waals surface area contributed by atoms with Crippen molar-refractivity contribution in [2.24, 2.45) is 10.7 Å². The first-order valence-electron chi connectivity index (χ1n) is 10.5. The van der Waals surface area contributed by atoms with Gasteiger partial charge in [0, 0.05) is 21.9 Å². The molecule has 0 spiro atoms. The molecular weight excluding hydrogens is 394 g/mol. The summed E-state index contributed by atoms with van der Waals surface area (Å²) < 4.78 is 5.96. The number of para-hydroxylation sites is 1. The fourth-order valence-electron chi connectivity index (χ4n) is 4.17. The molecule has 156 valence electrons. The number of hydrogen-bond donors (Lipinski definition) is 2. The molecule has 0 saturated carbocycles. The van der Waals surface area contributed by atoms with E-state index in [0.29, 0.717) is 5.84 Å². The molecule has 3 N–H and O–H groups in total. The number of benzene rings is 4. The maximum absolute atomic E-state index is 8.64. The zero-order valence-electron chi connectivity index (χ0n) is 18.0. The van der Waals surface area contributed by atoms with Crippen LogP contribution in [-0.2, 0) is 0 Å². The number of aryl methyl sites for hydroxylation is 2. The van der Waals surface area contributed by atoms with E-state index < -0.39 is 0 Å². The van der Waals surface area contributed by atoms with Crippen LogP contribution in [0.15, 0.2) is 94.3 Å². The fraction of sp³-hybridized carbons (Fsp3) is 0.0714. The minimum absolute atomic E-state index is 0.127. The van der Waals surface area contributed by atoms with E-state index in [9.17, 15) is 0 Å². The van der Waals surface area contributed by atoms with E-state index in [1.165, 1.54) is 5.56 Å². The molecule has 0 atom stereocenters. The van der Waals surface area contributed by atoms with E-state index in [4.69, 9.17) is 15.6 Å². The Balaban J connectivity index is 1.57. The van der Waals surface area contributed by atoms with Gasteiger partial charge < -0.3 is 10.2 Å². The third-order valence-corrected chi connectivity index (χ3v) is 5.86. The lowest BCUT2D eigenvalue weighted by molar-refractivity contribution is 0.669. The van der Waals surface area contributed by atoms with Crippen LogP contribution in [0.3, 0.4) is 0 Å². The Kier molecular flexibility index (Phi) is 4.83. The van der Waals surface area contributed by atoms with Gasteiger partial charge in [-0.05, 0) is 54.3 Å². The molecule has 1 aromatic heterocycles. The minimum Gasteiger partial charge on any atom is -0.456 e. The van der Waals surface area contributed by atoms with Crippen LogP contribution < -0.4 is 5.73 Å². The first-order valence-corrected chi connectivity index (χ1v) is 10.5. The normalized spacial score (nSPS) is 11.9. The Morgan fingerprint density at radius 3 is 2.34 bits per heavy atom. The summed E-state index contributed by atoms with van der Waals surface area (Å²) in [4.78, 5) is 4.48. The molecule has 5 rings (SSSR count). The largest absolute Gasteiger partial charge is 0.456 e. The highest BCUT2D eigenvalue weighted by atomic mass is 16.3. The summed E-state index contributed by atoms with van der Waals surface area (Å²) in [6.07, 6.45) is 0. The molecule has 4 aromatic carbocycles. The van der Waals surface area contributed by atoms with Gasteiger partial charge in [-0.2, -0.15) is 0 Å². The first-order chi connectivity index (χ1) is 15.5. The van der Waals surface area contributed by atoms with E-state index in [0.717, 1.165) is 49.8 Å². The third kappa shape index (κ3) is 3.36. The average Bonchev–Trinajstić information content (AvgIpc) is 3.18. The number of amidine groups is 2. The van der Waals surface area contributed by atoms with Crippen LogP contribution in [0.25, 0.3) is 33.1 Å². The lowest BCUT2D eigenvalue weighted by atomic mass is 9.94. The van der Waals surface area contributed by atoms with E-state index in [1.807, 2.05) is 72.8 Å². The highest BCUT2D eigenvalue weighted by Gasteiger charge is 2.14. The zero-order chi connectivity index (χ0) is 22.2. The van der Waals surface area contributed by atoms with Crippen molar-refractivity contribution in [3.63, 3.8) is 0 Å². The Labute approximate surface area is 186 Å². The summed E-state index contributed by atoms with van der Waals surface area (Å²) in [5.41, 5.74) is 14.1. The van der Waals surface area contributed by atoms with Crippen LogP contribution >= 0.6 is 0 Å². The number of hydrogen-bond acceptors (Lipinski definition) is 2. The molecule has 4 heteroatoms. The molecule has 1 heterocycles. The summed E-state index contributed by atoms with van der Waals surface area (Å²) in [6.45, 7) is 4.18. The molecule has 4 nitrogen and oxygen atoms in total.